The molecule has 0 aliphatic carbocycles. The molecular formula is C15H15NOS. The molecule has 0 N–H and O–H groups in total. The van der Waals surface area contributed by atoms with Crippen molar-refractivity contribution in [2.45, 2.75) is 19.4 Å². The summed E-state index contributed by atoms with van der Waals surface area (Å²) in [6.45, 7) is 3.73. The van der Waals surface area contributed by atoms with Gasteiger partial charge in [-0.1, -0.05) is 37.3 Å². The maximum atomic E-state index is 12.4. The van der Waals surface area contributed by atoms with E-state index in [0.717, 1.165) is 18.0 Å². The maximum Gasteiger partial charge on any atom is 0.264 e. The van der Waals surface area contributed by atoms with Gasteiger partial charge in [-0.05, 0) is 28.5 Å². The summed E-state index contributed by atoms with van der Waals surface area (Å²) in [6.07, 6.45) is 0. The standard InChI is InChI=1S/C15H15NOS/c1-11-9-16(15(17)14-7-4-8-18-14)10-12-5-2-3-6-13(11)12/h2-8,11H,9-10H2,1H3. The molecule has 0 bridgehead atoms. The number of amides is 1. The molecule has 1 unspecified atom stereocenters. The SMILES string of the molecule is CC1CN(C(=O)c2cccs2)Cc2ccccc21. The Balaban J connectivity index is 1.88. The molecule has 3 heteroatoms. The zero-order chi connectivity index (χ0) is 12.5. The Morgan fingerprint density at radius 1 is 1.28 bits per heavy atom. The van der Waals surface area contributed by atoms with Crippen molar-refractivity contribution in [1.82, 2.24) is 4.90 Å². The van der Waals surface area contributed by atoms with E-state index >= 15 is 0 Å². The molecule has 0 fully saturated rings. The van der Waals surface area contributed by atoms with E-state index < -0.39 is 0 Å². The van der Waals surface area contributed by atoms with Crippen molar-refractivity contribution >= 4 is 17.2 Å². The largest absolute Gasteiger partial charge is 0.333 e. The molecule has 1 aliphatic rings. The molecule has 2 heterocycles. The fraction of sp³-hybridized carbons (Fsp3) is 0.267. The second kappa shape index (κ2) is 4.58. The van der Waals surface area contributed by atoms with Crippen molar-refractivity contribution in [2.75, 3.05) is 6.54 Å². The quantitative estimate of drug-likeness (QED) is 0.765. The van der Waals surface area contributed by atoms with Gasteiger partial charge in [0.1, 0.15) is 0 Å². The number of hydrogen-bond donors (Lipinski definition) is 0. The smallest absolute Gasteiger partial charge is 0.264 e. The molecule has 0 spiro atoms. The highest BCUT2D eigenvalue weighted by atomic mass is 32.1. The Hall–Kier alpha value is -1.61. The van der Waals surface area contributed by atoms with Crippen LogP contribution in [0.2, 0.25) is 0 Å². The normalized spacial score (nSPS) is 18.5. The number of carbonyl (C=O) groups excluding carboxylic acids is 1. The van der Waals surface area contributed by atoms with Gasteiger partial charge in [-0.3, -0.25) is 4.79 Å². The zero-order valence-corrected chi connectivity index (χ0v) is 11.1. The van der Waals surface area contributed by atoms with Crippen LogP contribution in [0.3, 0.4) is 0 Å². The summed E-state index contributed by atoms with van der Waals surface area (Å²) in [5, 5.41) is 1.95. The Bertz CT molecular complexity index is 562. The molecule has 1 amide bonds. The second-order valence-corrected chi connectivity index (χ2v) is 5.71. The van der Waals surface area contributed by atoms with Gasteiger partial charge in [0.15, 0.2) is 0 Å². The minimum Gasteiger partial charge on any atom is -0.333 e. The van der Waals surface area contributed by atoms with E-state index in [0.29, 0.717) is 5.92 Å². The third kappa shape index (κ3) is 1.95. The van der Waals surface area contributed by atoms with Crippen molar-refractivity contribution in [3.05, 3.63) is 57.8 Å². The molecule has 1 atom stereocenters. The van der Waals surface area contributed by atoms with Gasteiger partial charge >= 0.3 is 0 Å². The van der Waals surface area contributed by atoms with Gasteiger partial charge in [-0.15, -0.1) is 11.3 Å². The first-order valence-electron chi connectivity index (χ1n) is 6.16. The molecule has 18 heavy (non-hydrogen) atoms. The Kier molecular flexibility index (Phi) is 2.92. The number of rotatable bonds is 1. The number of fused-ring (bicyclic) bond motifs is 1. The first-order valence-corrected chi connectivity index (χ1v) is 7.04. The van der Waals surface area contributed by atoms with E-state index in [1.54, 1.807) is 0 Å². The summed E-state index contributed by atoms with van der Waals surface area (Å²) in [5.74, 6) is 0.574. The van der Waals surface area contributed by atoms with E-state index in [-0.39, 0.29) is 5.91 Å². The van der Waals surface area contributed by atoms with Crippen molar-refractivity contribution in [2.24, 2.45) is 0 Å². The second-order valence-electron chi connectivity index (χ2n) is 4.76. The third-order valence-electron chi connectivity index (χ3n) is 3.46. The molecule has 0 saturated heterocycles. The Morgan fingerprint density at radius 2 is 2.11 bits per heavy atom. The molecule has 2 aromatic rings. The van der Waals surface area contributed by atoms with Gasteiger partial charge in [0.05, 0.1) is 4.88 Å². The van der Waals surface area contributed by atoms with Crippen LogP contribution in [0.5, 0.6) is 0 Å². The fourth-order valence-corrected chi connectivity index (χ4v) is 3.26. The average Bonchev–Trinajstić information content (AvgIpc) is 2.91. The minimum absolute atomic E-state index is 0.159. The molecule has 2 nitrogen and oxygen atoms in total. The lowest BCUT2D eigenvalue weighted by Gasteiger charge is -2.32. The van der Waals surface area contributed by atoms with Gasteiger partial charge in [-0.2, -0.15) is 0 Å². The van der Waals surface area contributed by atoms with Crippen molar-refractivity contribution in [3.63, 3.8) is 0 Å². The molecule has 0 saturated carbocycles. The molecule has 1 aliphatic heterocycles. The molecule has 1 aromatic carbocycles. The van der Waals surface area contributed by atoms with Crippen LogP contribution < -0.4 is 0 Å². The highest BCUT2D eigenvalue weighted by molar-refractivity contribution is 7.12. The van der Waals surface area contributed by atoms with Crippen LogP contribution >= 0.6 is 11.3 Å². The van der Waals surface area contributed by atoms with E-state index in [4.69, 9.17) is 0 Å². The summed E-state index contributed by atoms with van der Waals surface area (Å²) in [4.78, 5) is 15.1. The minimum atomic E-state index is 0.159. The first kappa shape index (κ1) is 11.5. The average molecular weight is 257 g/mol. The van der Waals surface area contributed by atoms with Gasteiger partial charge in [0.25, 0.3) is 5.91 Å². The Morgan fingerprint density at radius 3 is 2.89 bits per heavy atom. The predicted octanol–water partition coefficient (Wildman–Crippen LogP) is 3.51. The van der Waals surface area contributed by atoms with Crippen molar-refractivity contribution in [3.8, 4) is 0 Å². The maximum absolute atomic E-state index is 12.4. The molecule has 92 valence electrons. The highest BCUT2D eigenvalue weighted by Gasteiger charge is 2.26. The van der Waals surface area contributed by atoms with E-state index in [2.05, 4.69) is 25.1 Å². The molecule has 3 rings (SSSR count). The summed E-state index contributed by atoms with van der Waals surface area (Å²) < 4.78 is 0. The number of carbonyl (C=O) groups is 1. The summed E-state index contributed by atoms with van der Waals surface area (Å²) in [6, 6.07) is 12.3. The lowest BCUT2D eigenvalue weighted by atomic mass is 9.91. The van der Waals surface area contributed by atoms with Crippen LogP contribution in [-0.2, 0) is 6.54 Å². The first-order chi connectivity index (χ1) is 8.75. The third-order valence-corrected chi connectivity index (χ3v) is 4.32. The lowest BCUT2D eigenvalue weighted by Crippen LogP contribution is -2.37. The summed E-state index contributed by atoms with van der Waals surface area (Å²) in [7, 11) is 0. The molecule has 0 radical (unpaired) electrons. The van der Waals surface area contributed by atoms with Crippen molar-refractivity contribution in [1.29, 1.82) is 0 Å². The van der Waals surface area contributed by atoms with Crippen LogP contribution in [0.4, 0.5) is 0 Å². The monoisotopic (exact) mass is 257 g/mol. The number of hydrogen-bond acceptors (Lipinski definition) is 2. The van der Waals surface area contributed by atoms with E-state index in [1.165, 1.54) is 22.5 Å². The summed E-state index contributed by atoms with van der Waals surface area (Å²) >= 11 is 1.52. The highest BCUT2D eigenvalue weighted by Crippen LogP contribution is 2.29. The molecule has 1 aromatic heterocycles. The molecular weight excluding hydrogens is 242 g/mol. The van der Waals surface area contributed by atoms with Gasteiger partial charge < -0.3 is 4.90 Å². The topological polar surface area (TPSA) is 20.3 Å². The Labute approximate surface area is 111 Å². The van der Waals surface area contributed by atoms with Crippen LogP contribution in [0.1, 0.15) is 33.6 Å². The van der Waals surface area contributed by atoms with Crippen LogP contribution in [0.25, 0.3) is 0 Å². The van der Waals surface area contributed by atoms with Gasteiger partial charge in [-0.25, -0.2) is 0 Å². The van der Waals surface area contributed by atoms with E-state index in [9.17, 15) is 4.79 Å². The van der Waals surface area contributed by atoms with Crippen LogP contribution in [0.15, 0.2) is 41.8 Å². The zero-order valence-electron chi connectivity index (χ0n) is 10.3. The van der Waals surface area contributed by atoms with Gasteiger partial charge in [0, 0.05) is 13.1 Å². The fourth-order valence-electron chi connectivity index (χ4n) is 2.57. The van der Waals surface area contributed by atoms with Crippen LogP contribution in [0, 0.1) is 0 Å². The van der Waals surface area contributed by atoms with Gasteiger partial charge in [0.2, 0.25) is 0 Å². The number of nitrogens with zero attached hydrogens (tertiary/aromatic N) is 1. The van der Waals surface area contributed by atoms with E-state index in [1.807, 2.05) is 28.5 Å². The lowest BCUT2D eigenvalue weighted by molar-refractivity contribution is 0.0726. The van der Waals surface area contributed by atoms with Crippen LogP contribution in [-0.4, -0.2) is 17.4 Å². The van der Waals surface area contributed by atoms with Crippen molar-refractivity contribution < 1.29 is 4.79 Å². The predicted molar refractivity (Wildman–Crippen MR) is 73.9 cm³/mol. The number of benzene rings is 1. The number of thiophene rings is 1. The summed E-state index contributed by atoms with van der Waals surface area (Å²) in [5.41, 5.74) is 2.66.